The molecule has 0 spiro atoms. The van der Waals surface area contributed by atoms with Crippen molar-refractivity contribution in [3.05, 3.63) is 57.7 Å². The van der Waals surface area contributed by atoms with Crippen LogP contribution in [0.5, 0.6) is 0 Å². The van der Waals surface area contributed by atoms with E-state index in [1.165, 1.54) is 6.21 Å². The minimum atomic E-state index is -0.558. The number of hydrogen-bond donors (Lipinski definition) is 3. The normalized spacial score (nSPS) is 14.1. The Morgan fingerprint density at radius 3 is 2.40 bits per heavy atom. The summed E-state index contributed by atoms with van der Waals surface area (Å²) >= 11 is 6.93. The highest BCUT2D eigenvalue weighted by Gasteiger charge is 2.31. The van der Waals surface area contributed by atoms with Gasteiger partial charge in [0.05, 0.1) is 17.7 Å². The van der Waals surface area contributed by atoms with Gasteiger partial charge in [0.1, 0.15) is 11.3 Å². The van der Waals surface area contributed by atoms with Crippen LogP contribution in [0.1, 0.15) is 66.8 Å². The fourth-order valence-electron chi connectivity index (χ4n) is 5.38. The zero-order valence-electron chi connectivity index (χ0n) is 25.7. The molecule has 0 radical (unpaired) electrons. The number of benzene rings is 2. The lowest BCUT2D eigenvalue weighted by atomic mass is 9.92. The van der Waals surface area contributed by atoms with Crippen LogP contribution in [0.4, 0.5) is 10.5 Å². The average molecular weight is 609 g/mol. The van der Waals surface area contributed by atoms with Crippen LogP contribution in [0.3, 0.4) is 0 Å². The molecule has 0 saturated carbocycles. The maximum absolute atomic E-state index is 12.7. The largest absolute Gasteiger partial charge is 0.444 e. The molecule has 0 aliphatic carbocycles. The van der Waals surface area contributed by atoms with Gasteiger partial charge < -0.3 is 30.8 Å². The average Bonchev–Trinajstić information content (AvgIpc) is 3.30. The SMILES string of the molecule is COCCNC(=O)c1ccc(-c2nn(C3CCN(C(=O)OC(C)(C)C)CC3)c(C)c2-c2c(Cl)c(C)cc(N)c2C=N)cc1. The van der Waals surface area contributed by atoms with E-state index in [4.69, 9.17) is 37.3 Å². The number of carbonyl (C=O) groups excluding carboxylic acids is 2. The molecular weight excluding hydrogens is 568 g/mol. The van der Waals surface area contributed by atoms with Gasteiger partial charge in [-0.2, -0.15) is 5.10 Å². The molecule has 1 aliphatic rings. The Morgan fingerprint density at radius 2 is 1.81 bits per heavy atom. The third kappa shape index (κ3) is 7.02. The fraction of sp³-hybridized carbons (Fsp3) is 0.438. The topological polar surface area (TPSA) is 136 Å². The summed E-state index contributed by atoms with van der Waals surface area (Å²) in [7, 11) is 1.59. The molecule has 4 N–H and O–H groups in total. The number of aromatic nitrogens is 2. The first-order chi connectivity index (χ1) is 20.4. The number of nitrogens with two attached hydrogens (primary N) is 1. The molecule has 0 unspecified atom stereocenters. The number of piperidine rings is 1. The first kappa shape index (κ1) is 32.0. The first-order valence-electron chi connectivity index (χ1n) is 14.4. The van der Waals surface area contributed by atoms with Crippen LogP contribution in [0.25, 0.3) is 22.4 Å². The van der Waals surface area contributed by atoms with Gasteiger partial charge in [0.15, 0.2) is 0 Å². The maximum atomic E-state index is 12.7. The van der Waals surface area contributed by atoms with Crippen LogP contribution in [0, 0.1) is 19.3 Å². The number of anilines is 1. The van der Waals surface area contributed by atoms with Crippen LogP contribution in [-0.4, -0.2) is 71.8 Å². The number of nitrogens with one attached hydrogen (secondary N) is 2. The molecule has 3 aromatic rings. The van der Waals surface area contributed by atoms with Crippen LogP contribution < -0.4 is 11.1 Å². The Morgan fingerprint density at radius 1 is 1.16 bits per heavy atom. The second-order valence-corrected chi connectivity index (χ2v) is 12.2. The predicted molar refractivity (Wildman–Crippen MR) is 170 cm³/mol. The quantitative estimate of drug-likeness (QED) is 0.163. The second-order valence-electron chi connectivity index (χ2n) is 11.8. The summed E-state index contributed by atoms with van der Waals surface area (Å²) in [4.78, 5) is 27.0. The summed E-state index contributed by atoms with van der Waals surface area (Å²) < 4.78 is 12.6. The number of nitrogens with zero attached hydrogens (tertiary/aromatic N) is 3. The predicted octanol–water partition coefficient (Wildman–Crippen LogP) is 6.02. The Bertz CT molecular complexity index is 1500. The number of halogens is 1. The van der Waals surface area contributed by atoms with E-state index in [-0.39, 0.29) is 18.0 Å². The van der Waals surface area contributed by atoms with Gasteiger partial charge in [-0.3, -0.25) is 9.48 Å². The van der Waals surface area contributed by atoms with Gasteiger partial charge in [-0.25, -0.2) is 4.79 Å². The van der Waals surface area contributed by atoms with E-state index in [1.54, 1.807) is 30.2 Å². The summed E-state index contributed by atoms with van der Waals surface area (Å²) in [5, 5.41) is 16.6. The molecule has 0 bridgehead atoms. The van der Waals surface area contributed by atoms with Gasteiger partial charge in [0, 0.05) is 72.2 Å². The maximum Gasteiger partial charge on any atom is 0.410 e. The fourth-order valence-corrected chi connectivity index (χ4v) is 5.63. The van der Waals surface area contributed by atoms with Crippen LogP contribution >= 0.6 is 11.6 Å². The molecule has 1 aromatic heterocycles. The highest BCUT2D eigenvalue weighted by molar-refractivity contribution is 6.35. The van der Waals surface area contributed by atoms with Crippen molar-refractivity contribution < 1.29 is 19.1 Å². The Hall–Kier alpha value is -3.89. The van der Waals surface area contributed by atoms with Crippen molar-refractivity contribution >= 4 is 35.5 Å². The number of methoxy groups -OCH3 is 1. The Labute approximate surface area is 258 Å². The summed E-state index contributed by atoms with van der Waals surface area (Å²) in [6.45, 7) is 11.4. The van der Waals surface area contributed by atoms with Crippen LogP contribution in [-0.2, 0) is 9.47 Å². The van der Waals surface area contributed by atoms with Crippen molar-refractivity contribution in [3.63, 3.8) is 0 Å². The van der Waals surface area contributed by atoms with Crippen molar-refractivity contribution in [1.82, 2.24) is 20.0 Å². The number of amides is 2. The van der Waals surface area contributed by atoms with Crippen LogP contribution in [0.2, 0.25) is 5.02 Å². The van der Waals surface area contributed by atoms with Gasteiger partial charge in [-0.15, -0.1) is 0 Å². The van der Waals surface area contributed by atoms with E-state index in [1.807, 2.05) is 51.4 Å². The van der Waals surface area contributed by atoms with Gasteiger partial charge in [0.25, 0.3) is 5.91 Å². The van der Waals surface area contributed by atoms with Gasteiger partial charge in [-0.05, 0) is 71.2 Å². The van der Waals surface area contributed by atoms with Crippen molar-refractivity contribution in [2.75, 3.05) is 39.1 Å². The number of aryl methyl sites for hydroxylation is 1. The molecule has 2 amide bonds. The first-order valence-corrected chi connectivity index (χ1v) is 14.8. The number of rotatable bonds is 8. The summed E-state index contributed by atoms with van der Waals surface area (Å²) in [6, 6.07) is 9.06. The monoisotopic (exact) mass is 608 g/mol. The van der Waals surface area contributed by atoms with Crippen molar-refractivity contribution in [2.45, 2.75) is 59.1 Å². The minimum absolute atomic E-state index is 0.0291. The second kappa shape index (κ2) is 13.2. The molecule has 2 heterocycles. The summed E-state index contributed by atoms with van der Waals surface area (Å²) in [5.41, 5.74) is 11.9. The molecular formula is C32H41ClN6O4. The summed E-state index contributed by atoms with van der Waals surface area (Å²) in [5.74, 6) is -0.192. The lowest BCUT2D eigenvalue weighted by Gasteiger charge is -2.34. The summed E-state index contributed by atoms with van der Waals surface area (Å²) in [6.07, 6.45) is 2.31. The molecule has 1 fully saturated rings. The lowest BCUT2D eigenvalue weighted by Crippen LogP contribution is -2.42. The molecule has 1 saturated heterocycles. The number of ether oxygens (including phenoxy) is 2. The molecule has 1 aliphatic heterocycles. The van der Waals surface area contributed by atoms with E-state index in [0.717, 1.165) is 22.4 Å². The van der Waals surface area contributed by atoms with E-state index in [2.05, 4.69) is 5.32 Å². The third-order valence-electron chi connectivity index (χ3n) is 7.54. The molecule has 2 aromatic carbocycles. The van der Waals surface area contributed by atoms with Gasteiger partial charge >= 0.3 is 6.09 Å². The number of likely N-dealkylation sites (tertiary alicyclic amines) is 1. The van der Waals surface area contributed by atoms with Gasteiger partial charge in [-0.1, -0.05) is 23.7 Å². The highest BCUT2D eigenvalue weighted by atomic mass is 35.5. The third-order valence-corrected chi connectivity index (χ3v) is 8.02. The van der Waals surface area contributed by atoms with E-state index >= 15 is 0 Å². The zero-order valence-corrected chi connectivity index (χ0v) is 26.5. The smallest absolute Gasteiger partial charge is 0.410 e. The number of hydrogen-bond acceptors (Lipinski definition) is 7. The highest BCUT2D eigenvalue weighted by Crippen LogP contribution is 2.44. The number of carbonyl (C=O) groups is 2. The van der Waals surface area contributed by atoms with E-state index in [0.29, 0.717) is 72.2 Å². The minimum Gasteiger partial charge on any atom is -0.444 e. The standard InChI is InChI=1S/C32H41ClN6O4/c1-19-17-25(35)24(18-34)27(28(19)33)26-20(2)39(23-11-14-38(15-12-23)31(41)43-32(3,4)5)37-29(26)21-7-9-22(10-8-21)30(40)36-13-16-42-6/h7-10,17-18,23,34H,11-16,35H2,1-6H3,(H,36,40). The number of nitrogen functional groups attached to an aromatic ring is 1. The lowest BCUT2D eigenvalue weighted by molar-refractivity contribution is 0.0184. The molecule has 4 rings (SSSR count). The Balaban J connectivity index is 1.76. The molecule has 11 heteroatoms. The molecule has 10 nitrogen and oxygen atoms in total. The zero-order chi connectivity index (χ0) is 31.5. The molecule has 230 valence electrons. The van der Waals surface area contributed by atoms with Crippen molar-refractivity contribution in [1.29, 1.82) is 5.41 Å². The van der Waals surface area contributed by atoms with E-state index in [9.17, 15) is 9.59 Å². The molecule has 43 heavy (non-hydrogen) atoms. The Kier molecular flexibility index (Phi) is 9.82. The van der Waals surface area contributed by atoms with Gasteiger partial charge in [0.2, 0.25) is 0 Å². The van der Waals surface area contributed by atoms with Crippen molar-refractivity contribution in [2.24, 2.45) is 0 Å². The van der Waals surface area contributed by atoms with E-state index < -0.39 is 5.60 Å². The van der Waals surface area contributed by atoms with Crippen molar-refractivity contribution in [3.8, 4) is 22.4 Å². The van der Waals surface area contributed by atoms with Crippen LogP contribution in [0.15, 0.2) is 30.3 Å². The molecule has 0 atom stereocenters.